The standard InChI is InChI=1S/C17H23NO3/c1-3-13-8-10-14(11-9-13)16(19)18-12-6-5-7-15(18)17(20)21-4-2/h8-11,15H,3-7,12H2,1-2H3. The third-order valence-corrected chi connectivity index (χ3v) is 3.93. The molecule has 2 rings (SSSR count). The Bertz CT molecular complexity index is 495. The van der Waals surface area contributed by atoms with Crippen molar-refractivity contribution in [3.8, 4) is 0 Å². The smallest absolute Gasteiger partial charge is 0.328 e. The Morgan fingerprint density at radius 3 is 2.52 bits per heavy atom. The predicted molar refractivity (Wildman–Crippen MR) is 81.1 cm³/mol. The molecule has 0 aliphatic carbocycles. The van der Waals surface area contributed by atoms with Crippen molar-refractivity contribution in [1.29, 1.82) is 0 Å². The molecule has 0 radical (unpaired) electrons. The Hall–Kier alpha value is -1.84. The summed E-state index contributed by atoms with van der Waals surface area (Å²) < 4.78 is 5.10. The van der Waals surface area contributed by atoms with E-state index in [1.54, 1.807) is 11.8 Å². The molecule has 1 heterocycles. The van der Waals surface area contributed by atoms with Gasteiger partial charge in [-0.2, -0.15) is 0 Å². The van der Waals surface area contributed by atoms with E-state index in [2.05, 4.69) is 6.92 Å². The number of carbonyl (C=O) groups is 2. The first-order chi connectivity index (χ1) is 10.2. The third kappa shape index (κ3) is 3.63. The van der Waals surface area contributed by atoms with Gasteiger partial charge < -0.3 is 9.64 Å². The SMILES string of the molecule is CCOC(=O)C1CCCCN1C(=O)c1ccc(CC)cc1. The Morgan fingerprint density at radius 2 is 1.90 bits per heavy atom. The molecule has 1 aromatic rings. The highest BCUT2D eigenvalue weighted by Crippen LogP contribution is 2.21. The van der Waals surface area contributed by atoms with Crippen molar-refractivity contribution in [2.45, 2.75) is 45.6 Å². The van der Waals surface area contributed by atoms with Crippen LogP contribution in [0.2, 0.25) is 0 Å². The second-order valence-electron chi connectivity index (χ2n) is 5.31. The third-order valence-electron chi connectivity index (χ3n) is 3.93. The minimum atomic E-state index is -0.433. The Balaban J connectivity index is 2.15. The van der Waals surface area contributed by atoms with Gasteiger partial charge in [-0.05, 0) is 50.3 Å². The van der Waals surface area contributed by atoms with Crippen molar-refractivity contribution in [3.05, 3.63) is 35.4 Å². The minimum absolute atomic E-state index is 0.0737. The molecule has 4 heteroatoms. The number of hydrogen-bond acceptors (Lipinski definition) is 3. The van der Waals surface area contributed by atoms with Crippen LogP contribution in [0.15, 0.2) is 24.3 Å². The molecule has 0 saturated carbocycles. The van der Waals surface area contributed by atoms with E-state index in [1.807, 2.05) is 24.3 Å². The van der Waals surface area contributed by atoms with E-state index < -0.39 is 6.04 Å². The average Bonchev–Trinajstić information content (AvgIpc) is 2.54. The van der Waals surface area contributed by atoms with Gasteiger partial charge in [-0.15, -0.1) is 0 Å². The molecule has 0 N–H and O–H groups in total. The molecule has 0 aromatic heterocycles. The summed E-state index contributed by atoms with van der Waals surface area (Å²) in [7, 11) is 0. The van der Waals surface area contributed by atoms with Crippen LogP contribution in [-0.4, -0.2) is 36.0 Å². The molecule has 0 bridgehead atoms. The molecule has 1 amide bonds. The maximum absolute atomic E-state index is 12.6. The van der Waals surface area contributed by atoms with Crippen LogP contribution in [-0.2, 0) is 16.0 Å². The van der Waals surface area contributed by atoms with E-state index in [1.165, 1.54) is 5.56 Å². The predicted octanol–water partition coefficient (Wildman–Crippen LogP) is 2.81. The number of carbonyl (C=O) groups excluding carboxylic acids is 2. The number of nitrogens with zero attached hydrogens (tertiary/aromatic N) is 1. The first kappa shape index (κ1) is 15.5. The molecular weight excluding hydrogens is 266 g/mol. The van der Waals surface area contributed by atoms with Crippen LogP contribution in [0, 0.1) is 0 Å². The summed E-state index contributed by atoms with van der Waals surface area (Å²) in [6.45, 7) is 4.84. The molecule has 1 aromatic carbocycles. The number of piperidine rings is 1. The van der Waals surface area contributed by atoms with Gasteiger partial charge in [-0.1, -0.05) is 19.1 Å². The number of esters is 1. The maximum Gasteiger partial charge on any atom is 0.328 e. The number of amides is 1. The van der Waals surface area contributed by atoms with Gasteiger partial charge in [0.2, 0.25) is 0 Å². The van der Waals surface area contributed by atoms with Crippen molar-refractivity contribution in [2.24, 2.45) is 0 Å². The van der Waals surface area contributed by atoms with Gasteiger partial charge in [0.25, 0.3) is 5.91 Å². The van der Waals surface area contributed by atoms with Gasteiger partial charge in [0.15, 0.2) is 0 Å². The molecule has 0 spiro atoms. The normalized spacial score (nSPS) is 18.4. The summed E-state index contributed by atoms with van der Waals surface area (Å²) in [5.41, 5.74) is 1.84. The lowest BCUT2D eigenvalue weighted by atomic mass is 10.0. The largest absolute Gasteiger partial charge is 0.464 e. The maximum atomic E-state index is 12.6. The van der Waals surface area contributed by atoms with Crippen LogP contribution >= 0.6 is 0 Å². The molecule has 1 aliphatic rings. The number of hydrogen-bond donors (Lipinski definition) is 0. The van der Waals surface area contributed by atoms with Crippen molar-refractivity contribution >= 4 is 11.9 Å². The lowest BCUT2D eigenvalue weighted by molar-refractivity contribution is -0.149. The van der Waals surface area contributed by atoms with Crippen LogP contribution in [0.1, 0.15) is 49.0 Å². The fourth-order valence-electron chi connectivity index (χ4n) is 2.71. The molecule has 4 nitrogen and oxygen atoms in total. The number of rotatable bonds is 4. The summed E-state index contributed by atoms with van der Waals surface area (Å²) in [5, 5.41) is 0. The van der Waals surface area contributed by atoms with Crippen molar-refractivity contribution in [2.75, 3.05) is 13.2 Å². The van der Waals surface area contributed by atoms with Gasteiger partial charge in [-0.3, -0.25) is 4.79 Å². The van der Waals surface area contributed by atoms with E-state index in [-0.39, 0.29) is 11.9 Å². The van der Waals surface area contributed by atoms with Gasteiger partial charge in [0, 0.05) is 12.1 Å². The first-order valence-corrected chi connectivity index (χ1v) is 7.74. The fourth-order valence-corrected chi connectivity index (χ4v) is 2.71. The average molecular weight is 289 g/mol. The fraction of sp³-hybridized carbons (Fsp3) is 0.529. The van der Waals surface area contributed by atoms with Crippen LogP contribution in [0.4, 0.5) is 0 Å². The van der Waals surface area contributed by atoms with E-state index in [0.29, 0.717) is 25.1 Å². The van der Waals surface area contributed by atoms with Crippen LogP contribution < -0.4 is 0 Å². The van der Waals surface area contributed by atoms with Gasteiger partial charge in [-0.25, -0.2) is 4.79 Å². The summed E-state index contributed by atoms with van der Waals surface area (Å²) >= 11 is 0. The van der Waals surface area contributed by atoms with E-state index in [9.17, 15) is 9.59 Å². The van der Waals surface area contributed by atoms with Gasteiger partial charge >= 0.3 is 5.97 Å². The lowest BCUT2D eigenvalue weighted by Gasteiger charge is -2.34. The molecule has 114 valence electrons. The van der Waals surface area contributed by atoms with Crippen LogP contribution in [0.3, 0.4) is 0 Å². The van der Waals surface area contributed by atoms with E-state index in [4.69, 9.17) is 4.74 Å². The zero-order valence-electron chi connectivity index (χ0n) is 12.8. The summed E-state index contributed by atoms with van der Waals surface area (Å²) in [6, 6.07) is 7.19. The van der Waals surface area contributed by atoms with Crippen molar-refractivity contribution in [3.63, 3.8) is 0 Å². The highest BCUT2D eigenvalue weighted by atomic mass is 16.5. The molecule has 1 saturated heterocycles. The highest BCUT2D eigenvalue weighted by Gasteiger charge is 2.33. The lowest BCUT2D eigenvalue weighted by Crippen LogP contribution is -2.48. The van der Waals surface area contributed by atoms with E-state index in [0.717, 1.165) is 19.3 Å². The van der Waals surface area contributed by atoms with Crippen LogP contribution in [0.5, 0.6) is 0 Å². The second kappa shape index (κ2) is 7.25. The number of benzene rings is 1. The second-order valence-corrected chi connectivity index (χ2v) is 5.31. The zero-order chi connectivity index (χ0) is 15.2. The van der Waals surface area contributed by atoms with Gasteiger partial charge in [0.05, 0.1) is 6.61 Å². The highest BCUT2D eigenvalue weighted by molar-refractivity contribution is 5.97. The molecule has 1 fully saturated rings. The summed E-state index contributed by atoms with van der Waals surface area (Å²) in [4.78, 5) is 26.3. The van der Waals surface area contributed by atoms with Crippen LogP contribution in [0.25, 0.3) is 0 Å². The zero-order valence-corrected chi connectivity index (χ0v) is 12.8. The van der Waals surface area contributed by atoms with Crippen molar-refractivity contribution in [1.82, 2.24) is 4.90 Å². The number of ether oxygens (including phenoxy) is 1. The topological polar surface area (TPSA) is 46.6 Å². The molecule has 1 atom stereocenters. The van der Waals surface area contributed by atoms with Crippen molar-refractivity contribution < 1.29 is 14.3 Å². The monoisotopic (exact) mass is 289 g/mol. The molecule has 21 heavy (non-hydrogen) atoms. The molecule has 1 aliphatic heterocycles. The Morgan fingerprint density at radius 1 is 1.19 bits per heavy atom. The number of likely N-dealkylation sites (tertiary alicyclic amines) is 1. The molecular formula is C17H23NO3. The molecule has 1 unspecified atom stereocenters. The quantitative estimate of drug-likeness (QED) is 0.801. The Labute approximate surface area is 126 Å². The summed E-state index contributed by atoms with van der Waals surface area (Å²) in [6.07, 6.45) is 3.54. The number of aryl methyl sites for hydroxylation is 1. The van der Waals surface area contributed by atoms with E-state index >= 15 is 0 Å². The Kier molecular flexibility index (Phi) is 5.37. The van der Waals surface area contributed by atoms with Gasteiger partial charge in [0.1, 0.15) is 6.04 Å². The first-order valence-electron chi connectivity index (χ1n) is 7.74. The summed E-state index contributed by atoms with van der Waals surface area (Å²) in [5.74, 6) is -0.355. The minimum Gasteiger partial charge on any atom is -0.464 e.